The Bertz CT molecular complexity index is 1280. The lowest BCUT2D eigenvalue weighted by Crippen LogP contribution is -2.19. The molecule has 4 rings (SSSR count). The number of hydrogen-bond donors (Lipinski definition) is 4. The van der Waals surface area contributed by atoms with Crippen molar-refractivity contribution in [2.45, 2.75) is 6.92 Å². The van der Waals surface area contributed by atoms with Crippen molar-refractivity contribution in [2.75, 3.05) is 21.3 Å². The lowest BCUT2D eigenvalue weighted by Gasteiger charge is -2.10. The smallest absolute Gasteiger partial charge is 0.323 e. The van der Waals surface area contributed by atoms with E-state index in [9.17, 15) is 14.4 Å². The van der Waals surface area contributed by atoms with Crippen molar-refractivity contribution in [1.82, 2.24) is 0 Å². The third kappa shape index (κ3) is 5.66. The summed E-state index contributed by atoms with van der Waals surface area (Å²) in [5, 5.41) is 11.6. The van der Waals surface area contributed by atoms with Crippen molar-refractivity contribution in [3.05, 3.63) is 95.3 Å². The molecule has 0 aliphatic heterocycles. The van der Waals surface area contributed by atoms with Gasteiger partial charge in [-0.2, -0.15) is 0 Å². The van der Waals surface area contributed by atoms with E-state index in [1.165, 1.54) is 6.26 Å². The number of para-hydroxylation sites is 1. The molecule has 33 heavy (non-hydrogen) atoms. The SMILES string of the molecule is Cc1cc(NC(=O)c2ccco2)sc1C(=O)Nc1cccc(NC(=O)Nc2ccccc2)c1. The van der Waals surface area contributed by atoms with Gasteiger partial charge in [-0.25, -0.2) is 4.79 Å². The highest BCUT2D eigenvalue weighted by Gasteiger charge is 2.17. The molecule has 0 aliphatic carbocycles. The van der Waals surface area contributed by atoms with Crippen LogP contribution in [-0.4, -0.2) is 17.8 Å². The lowest BCUT2D eigenvalue weighted by molar-refractivity contribution is 0.0995. The summed E-state index contributed by atoms with van der Waals surface area (Å²) in [7, 11) is 0. The van der Waals surface area contributed by atoms with Crippen LogP contribution >= 0.6 is 11.3 Å². The summed E-state index contributed by atoms with van der Waals surface area (Å²) in [6.45, 7) is 1.79. The van der Waals surface area contributed by atoms with Crippen molar-refractivity contribution < 1.29 is 18.8 Å². The topological polar surface area (TPSA) is 112 Å². The second kappa shape index (κ2) is 9.84. The Morgan fingerprint density at radius 3 is 2.15 bits per heavy atom. The van der Waals surface area contributed by atoms with E-state index in [1.54, 1.807) is 61.5 Å². The number of carbonyl (C=O) groups excluding carboxylic acids is 3. The first-order chi connectivity index (χ1) is 16.0. The van der Waals surface area contributed by atoms with E-state index < -0.39 is 6.03 Å². The second-order valence-electron chi connectivity index (χ2n) is 7.03. The van der Waals surface area contributed by atoms with Gasteiger partial charge in [0.1, 0.15) is 0 Å². The minimum Gasteiger partial charge on any atom is -0.459 e. The van der Waals surface area contributed by atoms with Crippen LogP contribution in [0.3, 0.4) is 0 Å². The van der Waals surface area contributed by atoms with E-state index in [2.05, 4.69) is 21.3 Å². The third-order valence-corrected chi connectivity index (χ3v) is 5.67. The van der Waals surface area contributed by atoms with Crippen molar-refractivity contribution >= 4 is 51.2 Å². The van der Waals surface area contributed by atoms with Crippen LogP contribution in [0.15, 0.2) is 83.5 Å². The molecular weight excluding hydrogens is 440 g/mol. The maximum absolute atomic E-state index is 12.8. The molecule has 0 radical (unpaired) electrons. The molecule has 0 unspecified atom stereocenters. The Balaban J connectivity index is 1.39. The summed E-state index contributed by atoms with van der Waals surface area (Å²) in [5.74, 6) is -0.518. The number of aryl methyl sites for hydroxylation is 1. The summed E-state index contributed by atoms with van der Waals surface area (Å²) >= 11 is 1.16. The molecule has 4 N–H and O–H groups in total. The minimum atomic E-state index is -0.393. The van der Waals surface area contributed by atoms with E-state index in [1.807, 2.05) is 18.2 Å². The van der Waals surface area contributed by atoms with Crippen LogP contribution in [0.25, 0.3) is 0 Å². The largest absolute Gasteiger partial charge is 0.459 e. The fourth-order valence-electron chi connectivity index (χ4n) is 3.03. The number of carbonyl (C=O) groups is 3. The molecule has 0 fully saturated rings. The van der Waals surface area contributed by atoms with Crippen LogP contribution in [0.5, 0.6) is 0 Å². The molecule has 0 saturated heterocycles. The highest BCUT2D eigenvalue weighted by Crippen LogP contribution is 2.28. The Morgan fingerprint density at radius 2 is 1.42 bits per heavy atom. The quantitative estimate of drug-likeness (QED) is 0.291. The van der Waals surface area contributed by atoms with Crippen LogP contribution in [0, 0.1) is 6.92 Å². The van der Waals surface area contributed by atoms with Crippen LogP contribution in [0.1, 0.15) is 25.8 Å². The number of urea groups is 1. The predicted octanol–water partition coefficient (Wildman–Crippen LogP) is 5.80. The van der Waals surface area contributed by atoms with Gasteiger partial charge in [0.2, 0.25) is 0 Å². The number of thiophene rings is 1. The van der Waals surface area contributed by atoms with Gasteiger partial charge < -0.3 is 25.7 Å². The first-order valence-electron chi connectivity index (χ1n) is 9.98. The second-order valence-corrected chi connectivity index (χ2v) is 8.09. The molecule has 4 aromatic rings. The summed E-state index contributed by atoms with van der Waals surface area (Å²) < 4.78 is 5.08. The maximum atomic E-state index is 12.8. The third-order valence-electron chi connectivity index (χ3n) is 4.52. The molecule has 9 heteroatoms. The predicted molar refractivity (Wildman–Crippen MR) is 129 cm³/mol. The number of nitrogens with one attached hydrogen (secondary N) is 4. The fraction of sp³-hybridized carbons (Fsp3) is 0.0417. The van der Waals surface area contributed by atoms with Crippen LogP contribution < -0.4 is 21.3 Å². The molecule has 0 bridgehead atoms. The molecule has 8 nitrogen and oxygen atoms in total. The highest BCUT2D eigenvalue weighted by molar-refractivity contribution is 7.18. The number of furan rings is 1. The van der Waals surface area contributed by atoms with E-state index in [0.29, 0.717) is 26.9 Å². The Morgan fingerprint density at radius 1 is 0.727 bits per heavy atom. The van der Waals surface area contributed by atoms with E-state index in [0.717, 1.165) is 16.9 Å². The summed E-state index contributed by atoms with van der Waals surface area (Å²) in [6, 6.07) is 20.4. The minimum absolute atomic E-state index is 0.188. The van der Waals surface area contributed by atoms with E-state index >= 15 is 0 Å². The number of benzene rings is 2. The lowest BCUT2D eigenvalue weighted by atomic mass is 10.2. The Kier molecular flexibility index (Phi) is 6.51. The van der Waals surface area contributed by atoms with Gasteiger partial charge in [0, 0.05) is 17.1 Å². The van der Waals surface area contributed by atoms with Gasteiger partial charge in [-0.3, -0.25) is 9.59 Å². The zero-order chi connectivity index (χ0) is 23.2. The molecule has 166 valence electrons. The van der Waals surface area contributed by atoms with Gasteiger partial charge >= 0.3 is 6.03 Å². The number of anilines is 4. The van der Waals surface area contributed by atoms with Gasteiger partial charge in [0.05, 0.1) is 16.1 Å². The van der Waals surface area contributed by atoms with Gasteiger partial charge in [0.25, 0.3) is 11.8 Å². The maximum Gasteiger partial charge on any atom is 0.323 e. The standard InChI is InChI=1S/C24H20N4O4S/c1-15-13-20(28-22(29)19-11-6-12-32-19)33-21(15)23(30)25-17-9-5-10-18(14-17)27-24(31)26-16-7-3-2-4-8-16/h2-14H,1H3,(H,25,30)(H,28,29)(H2,26,27,31). The van der Waals surface area contributed by atoms with Gasteiger partial charge in [-0.05, 0) is 61.0 Å². The number of hydrogen-bond acceptors (Lipinski definition) is 5. The van der Waals surface area contributed by atoms with Crippen LogP contribution in [0.2, 0.25) is 0 Å². The van der Waals surface area contributed by atoms with Crippen molar-refractivity contribution in [3.8, 4) is 0 Å². The van der Waals surface area contributed by atoms with Crippen molar-refractivity contribution in [3.63, 3.8) is 0 Å². The summed E-state index contributed by atoms with van der Waals surface area (Å²) in [4.78, 5) is 37.6. The highest BCUT2D eigenvalue weighted by atomic mass is 32.1. The summed E-state index contributed by atoms with van der Waals surface area (Å²) in [6.07, 6.45) is 1.42. The Labute approximate surface area is 193 Å². The summed E-state index contributed by atoms with van der Waals surface area (Å²) in [5.41, 5.74) is 2.44. The van der Waals surface area contributed by atoms with Crippen molar-refractivity contribution in [2.24, 2.45) is 0 Å². The molecule has 2 aromatic carbocycles. The normalized spacial score (nSPS) is 10.3. The fourth-order valence-corrected chi connectivity index (χ4v) is 3.99. The van der Waals surface area contributed by atoms with Crippen molar-refractivity contribution in [1.29, 1.82) is 0 Å². The molecular formula is C24H20N4O4S. The average molecular weight is 461 g/mol. The zero-order valence-electron chi connectivity index (χ0n) is 17.5. The molecule has 0 spiro atoms. The number of rotatable bonds is 6. The van der Waals surface area contributed by atoms with Crippen LogP contribution in [0.4, 0.5) is 26.9 Å². The van der Waals surface area contributed by atoms with Gasteiger partial charge in [-0.1, -0.05) is 24.3 Å². The van der Waals surface area contributed by atoms with E-state index in [-0.39, 0.29) is 17.6 Å². The van der Waals surface area contributed by atoms with Crippen LogP contribution in [-0.2, 0) is 0 Å². The van der Waals surface area contributed by atoms with Gasteiger partial charge in [0.15, 0.2) is 5.76 Å². The first-order valence-corrected chi connectivity index (χ1v) is 10.8. The Hall–Kier alpha value is -4.37. The van der Waals surface area contributed by atoms with E-state index in [4.69, 9.17) is 4.42 Å². The molecule has 0 aliphatic rings. The molecule has 2 heterocycles. The zero-order valence-corrected chi connectivity index (χ0v) is 18.4. The molecule has 0 atom stereocenters. The monoisotopic (exact) mass is 460 g/mol. The molecule has 2 aromatic heterocycles. The first kappa shape index (κ1) is 21.8. The number of amides is 4. The molecule has 4 amide bonds. The molecule has 0 saturated carbocycles. The average Bonchev–Trinajstić information content (AvgIpc) is 3.45. The van der Waals surface area contributed by atoms with Gasteiger partial charge in [-0.15, -0.1) is 11.3 Å².